The van der Waals surface area contributed by atoms with E-state index >= 15 is 0 Å². The summed E-state index contributed by atoms with van der Waals surface area (Å²) in [4.78, 5) is 29.9. The van der Waals surface area contributed by atoms with Crippen LogP contribution in [0.4, 0.5) is 11.4 Å². The van der Waals surface area contributed by atoms with Gasteiger partial charge in [-0.05, 0) is 105 Å². The van der Waals surface area contributed by atoms with Crippen LogP contribution >= 0.6 is 23.8 Å². The second-order valence-corrected chi connectivity index (χ2v) is 10.2. The van der Waals surface area contributed by atoms with Crippen LogP contribution in [0.15, 0.2) is 42.0 Å². The Kier molecular flexibility index (Phi) is 6.10. The number of carbonyl (C=O) groups is 2. The Balaban J connectivity index is 1.78. The molecule has 1 saturated heterocycles. The van der Waals surface area contributed by atoms with Crippen molar-refractivity contribution < 1.29 is 9.59 Å². The SMILES string of the molecule is CCN1c2cc(C)c(/C=C3\C(=O)NC(=S)N(c4cccc(Cl)c4)C3=O)cc2[C@H](C)CC1(C)C. The number of anilines is 2. The van der Waals surface area contributed by atoms with E-state index in [1.54, 1.807) is 30.3 Å². The lowest BCUT2D eigenvalue weighted by molar-refractivity contribution is -0.122. The molecule has 2 aromatic rings. The molecule has 0 unspecified atom stereocenters. The van der Waals surface area contributed by atoms with Gasteiger partial charge in [0.05, 0.1) is 5.69 Å². The monoisotopic (exact) mass is 481 g/mol. The quantitative estimate of drug-likeness (QED) is 0.352. The summed E-state index contributed by atoms with van der Waals surface area (Å²) in [5.74, 6) is -0.598. The van der Waals surface area contributed by atoms with Gasteiger partial charge in [-0.2, -0.15) is 0 Å². The summed E-state index contributed by atoms with van der Waals surface area (Å²) < 4.78 is 0. The highest BCUT2D eigenvalue weighted by Gasteiger charge is 2.37. The standard InChI is InChI=1S/C26H28ClN3O2S/c1-6-29-22-10-15(2)17(11-20(22)16(3)14-26(29,4)5)12-21-23(31)28-25(33)30(24(21)32)19-9-7-8-18(27)13-19/h7-13,16H,6,14H2,1-5H3,(H,28,31,33)/b21-12+/t16-/m1/s1. The van der Waals surface area contributed by atoms with Crippen LogP contribution < -0.4 is 15.1 Å². The van der Waals surface area contributed by atoms with Gasteiger partial charge in [-0.3, -0.25) is 19.8 Å². The fourth-order valence-corrected chi connectivity index (χ4v) is 5.53. The van der Waals surface area contributed by atoms with Gasteiger partial charge in [-0.15, -0.1) is 0 Å². The number of rotatable bonds is 3. The van der Waals surface area contributed by atoms with Gasteiger partial charge < -0.3 is 4.90 Å². The molecular weight excluding hydrogens is 454 g/mol. The second-order valence-electron chi connectivity index (χ2n) is 9.37. The highest BCUT2D eigenvalue weighted by Crippen LogP contribution is 2.44. The Hall–Kier alpha value is -2.70. The molecule has 2 heterocycles. The van der Waals surface area contributed by atoms with Gasteiger partial charge in [-0.25, -0.2) is 0 Å². The third-order valence-electron chi connectivity index (χ3n) is 6.56. The lowest BCUT2D eigenvalue weighted by Gasteiger charge is -2.47. The molecule has 4 rings (SSSR count). The molecule has 172 valence electrons. The third kappa shape index (κ3) is 4.18. The Morgan fingerprint density at radius 2 is 1.97 bits per heavy atom. The maximum atomic E-state index is 13.4. The summed E-state index contributed by atoms with van der Waals surface area (Å²) in [5, 5.41) is 3.17. The van der Waals surface area contributed by atoms with E-state index in [0.717, 1.165) is 24.1 Å². The van der Waals surface area contributed by atoms with E-state index < -0.39 is 11.8 Å². The average molecular weight is 482 g/mol. The van der Waals surface area contributed by atoms with Gasteiger partial charge in [-0.1, -0.05) is 24.6 Å². The number of aryl methyl sites for hydroxylation is 1. The van der Waals surface area contributed by atoms with Crippen molar-refractivity contribution in [2.45, 2.75) is 52.5 Å². The molecule has 33 heavy (non-hydrogen) atoms. The van der Waals surface area contributed by atoms with Crippen molar-refractivity contribution in [2.75, 3.05) is 16.3 Å². The number of hydrogen-bond acceptors (Lipinski definition) is 4. The van der Waals surface area contributed by atoms with Crippen molar-refractivity contribution in [3.63, 3.8) is 0 Å². The normalized spacial score (nSPS) is 21.3. The van der Waals surface area contributed by atoms with Crippen LogP contribution in [0, 0.1) is 6.92 Å². The fraction of sp³-hybridized carbons (Fsp3) is 0.346. The number of halogens is 1. The summed E-state index contributed by atoms with van der Waals surface area (Å²) in [5.41, 5.74) is 4.95. The van der Waals surface area contributed by atoms with Crippen molar-refractivity contribution in [3.05, 3.63) is 63.7 Å². The molecule has 1 N–H and O–H groups in total. The Morgan fingerprint density at radius 3 is 2.64 bits per heavy atom. The van der Waals surface area contributed by atoms with Gasteiger partial charge in [0.15, 0.2) is 5.11 Å². The zero-order chi connectivity index (χ0) is 24.1. The van der Waals surface area contributed by atoms with Crippen molar-refractivity contribution in [3.8, 4) is 0 Å². The zero-order valence-electron chi connectivity index (χ0n) is 19.5. The zero-order valence-corrected chi connectivity index (χ0v) is 21.1. The third-order valence-corrected chi connectivity index (χ3v) is 7.08. The number of hydrogen-bond donors (Lipinski definition) is 1. The minimum atomic E-state index is -0.496. The van der Waals surface area contributed by atoms with Crippen LogP contribution in [0.3, 0.4) is 0 Å². The maximum Gasteiger partial charge on any atom is 0.270 e. The molecule has 2 amide bonds. The van der Waals surface area contributed by atoms with E-state index in [2.05, 4.69) is 50.0 Å². The Labute approximate surface area is 205 Å². The van der Waals surface area contributed by atoms with Crippen LogP contribution in [0.25, 0.3) is 6.08 Å². The van der Waals surface area contributed by atoms with Crippen LogP contribution in [-0.2, 0) is 9.59 Å². The number of nitrogens with one attached hydrogen (secondary N) is 1. The van der Waals surface area contributed by atoms with Crippen molar-refractivity contribution in [1.82, 2.24) is 5.32 Å². The molecule has 0 spiro atoms. The van der Waals surface area contributed by atoms with Gasteiger partial charge >= 0.3 is 0 Å². The molecule has 1 atom stereocenters. The fourth-order valence-electron chi connectivity index (χ4n) is 5.07. The molecule has 5 nitrogen and oxygen atoms in total. The lowest BCUT2D eigenvalue weighted by Crippen LogP contribution is -2.54. The van der Waals surface area contributed by atoms with E-state index in [4.69, 9.17) is 23.8 Å². The Bertz CT molecular complexity index is 1200. The molecule has 1 fully saturated rings. The lowest BCUT2D eigenvalue weighted by atomic mass is 9.79. The second kappa shape index (κ2) is 8.58. The number of nitrogens with zero attached hydrogens (tertiary/aromatic N) is 2. The molecule has 0 aliphatic carbocycles. The van der Waals surface area contributed by atoms with Crippen molar-refractivity contribution in [2.24, 2.45) is 0 Å². The highest BCUT2D eigenvalue weighted by molar-refractivity contribution is 7.80. The summed E-state index contributed by atoms with van der Waals surface area (Å²) in [6.45, 7) is 11.9. The van der Waals surface area contributed by atoms with Gasteiger partial charge in [0.2, 0.25) is 0 Å². The molecule has 0 aromatic heterocycles. The molecule has 2 aliphatic rings. The van der Waals surface area contributed by atoms with E-state index in [-0.39, 0.29) is 16.2 Å². The van der Waals surface area contributed by atoms with Crippen molar-refractivity contribution >= 4 is 58.2 Å². The van der Waals surface area contributed by atoms with Crippen LogP contribution in [0.2, 0.25) is 5.02 Å². The van der Waals surface area contributed by atoms with Crippen LogP contribution in [-0.4, -0.2) is 29.0 Å². The van der Waals surface area contributed by atoms with Gasteiger partial charge in [0.1, 0.15) is 5.57 Å². The first-order valence-corrected chi connectivity index (χ1v) is 11.9. The molecule has 0 radical (unpaired) electrons. The molecule has 2 aliphatic heterocycles. The highest BCUT2D eigenvalue weighted by atomic mass is 35.5. The minimum absolute atomic E-state index is 0.0426. The summed E-state index contributed by atoms with van der Waals surface area (Å²) in [7, 11) is 0. The molecule has 0 saturated carbocycles. The number of thiocarbonyl (C=S) groups is 1. The number of benzene rings is 2. The van der Waals surface area contributed by atoms with E-state index in [1.165, 1.54) is 16.2 Å². The molecular formula is C26H28ClN3O2S. The average Bonchev–Trinajstić information content (AvgIpc) is 2.71. The number of fused-ring (bicyclic) bond motifs is 1. The number of carbonyl (C=O) groups excluding carboxylic acids is 2. The first-order valence-electron chi connectivity index (χ1n) is 11.1. The summed E-state index contributed by atoms with van der Waals surface area (Å²) in [6, 6.07) is 11.1. The smallest absolute Gasteiger partial charge is 0.270 e. The maximum absolute atomic E-state index is 13.4. The predicted octanol–water partition coefficient (Wildman–Crippen LogP) is 5.59. The first-order chi connectivity index (χ1) is 15.5. The topological polar surface area (TPSA) is 52.7 Å². The molecule has 0 bridgehead atoms. The first kappa shape index (κ1) is 23.5. The van der Waals surface area contributed by atoms with E-state index in [1.807, 2.05) is 6.92 Å². The van der Waals surface area contributed by atoms with E-state index in [9.17, 15) is 9.59 Å². The molecule has 7 heteroatoms. The summed E-state index contributed by atoms with van der Waals surface area (Å²) in [6.07, 6.45) is 2.71. The van der Waals surface area contributed by atoms with Crippen molar-refractivity contribution in [1.29, 1.82) is 0 Å². The largest absolute Gasteiger partial charge is 0.366 e. The van der Waals surface area contributed by atoms with Gasteiger partial charge in [0.25, 0.3) is 11.8 Å². The van der Waals surface area contributed by atoms with Gasteiger partial charge in [0, 0.05) is 22.8 Å². The van der Waals surface area contributed by atoms with Crippen LogP contribution in [0.5, 0.6) is 0 Å². The minimum Gasteiger partial charge on any atom is -0.366 e. The number of amides is 2. The van der Waals surface area contributed by atoms with E-state index in [0.29, 0.717) is 16.6 Å². The molecule has 2 aromatic carbocycles. The van der Waals surface area contributed by atoms with Crippen LogP contribution in [0.1, 0.15) is 56.7 Å². The Morgan fingerprint density at radius 1 is 1.24 bits per heavy atom. The predicted molar refractivity (Wildman–Crippen MR) is 139 cm³/mol. The summed E-state index contributed by atoms with van der Waals surface area (Å²) >= 11 is 11.4.